The third-order valence-electron chi connectivity index (χ3n) is 4.41. The van der Waals surface area contributed by atoms with Gasteiger partial charge < -0.3 is 10.1 Å². The number of carbonyl (C=O) groups is 2. The van der Waals surface area contributed by atoms with Crippen LogP contribution in [0.25, 0.3) is 5.65 Å². The summed E-state index contributed by atoms with van der Waals surface area (Å²) in [5.74, 6) is -1.46. The highest BCUT2D eigenvalue weighted by Crippen LogP contribution is 2.27. The van der Waals surface area contributed by atoms with Crippen LogP contribution in [0.15, 0.2) is 59.7 Å². The second-order valence-electron chi connectivity index (χ2n) is 6.99. The smallest absolute Gasteiger partial charge is 0.308 e. The van der Waals surface area contributed by atoms with Crippen LogP contribution in [-0.2, 0) is 9.53 Å². The minimum absolute atomic E-state index is 0.121. The Hall–Kier alpha value is -4.08. The fourth-order valence-electron chi connectivity index (χ4n) is 3.08. The zero-order valence-electron chi connectivity index (χ0n) is 16.8. The number of nitro benzene ring substituents is 1. The summed E-state index contributed by atoms with van der Waals surface area (Å²) >= 11 is 0. The first kappa shape index (κ1) is 21.6. The van der Waals surface area contributed by atoms with E-state index < -0.39 is 34.5 Å². The van der Waals surface area contributed by atoms with Crippen LogP contribution in [0, 0.1) is 10.1 Å². The molecule has 10 heteroatoms. The molecule has 0 spiro atoms. The third kappa shape index (κ3) is 4.92. The molecule has 1 atom stereocenters. The fraction of sp³-hybridized carbons (Fsp3) is 0.238. The van der Waals surface area contributed by atoms with Gasteiger partial charge in [-0.15, -0.1) is 0 Å². The first-order valence-electron chi connectivity index (χ1n) is 9.48. The van der Waals surface area contributed by atoms with Crippen molar-refractivity contribution in [3.63, 3.8) is 0 Å². The number of rotatable bonds is 7. The van der Waals surface area contributed by atoms with E-state index in [1.54, 1.807) is 38.1 Å². The lowest BCUT2D eigenvalue weighted by Gasteiger charge is -2.19. The van der Waals surface area contributed by atoms with Gasteiger partial charge in [-0.3, -0.25) is 28.9 Å². The Bertz CT molecular complexity index is 1200. The van der Waals surface area contributed by atoms with Crippen LogP contribution in [0.3, 0.4) is 0 Å². The molecule has 3 aromatic rings. The molecular weight excluding hydrogens is 404 g/mol. The van der Waals surface area contributed by atoms with Gasteiger partial charge in [0.2, 0.25) is 0 Å². The van der Waals surface area contributed by atoms with Crippen molar-refractivity contribution in [2.45, 2.75) is 32.4 Å². The van der Waals surface area contributed by atoms with Gasteiger partial charge in [0.15, 0.2) is 0 Å². The van der Waals surface area contributed by atoms with Crippen molar-refractivity contribution in [1.82, 2.24) is 14.7 Å². The van der Waals surface area contributed by atoms with E-state index in [0.717, 1.165) is 6.20 Å². The third-order valence-corrected chi connectivity index (χ3v) is 4.41. The van der Waals surface area contributed by atoms with Crippen LogP contribution in [0.5, 0.6) is 0 Å². The zero-order valence-corrected chi connectivity index (χ0v) is 16.8. The van der Waals surface area contributed by atoms with Gasteiger partial charge in [0, 0.05) is 18.5 Å². The van der Waals surface area contributed by atoms with E-state index in [4.69, 9.17) is 4.74 Å². The zero-order chi connectivity index (χ0) is 22.5. The van der Waals surface area contributed by atoms with Gasteiger partial charge in [-0.25, -0.2) is 4.98 Å². The quantitative estimate of drug-likeness (QED) is 0.350. The summed E-state index contributed by atoms with van der Waals surface area (Å²) in [6, 6.07) is 9.60. The molecule has 3 rings (SSSR count). The number of hydrogen-bond donors (Lipinski definition) is 1. The molecule has 0 fully saturated rings. The van der Waals surface area contributed by atoms with Crippen molar-refractivity contribution in [1.29, 1.82) is 0 Å². The van der Waals surface area contributed by atoms with Crippen molar-refractivity contribution < 1.29 is 19.2 Å². The molecule has 2 aromatic heterocycles. The normalized spacial score (nSPS) is 11.8. The fourth-order valence-corrected chi connectivity index (χ4v) is 3.08. The van der Waals surface area contributed by atoms with E-state index in [1.807, 2.05) is 0 Å². The van der Waals surface area contributed by atoms with Crippen molar-refractivity contribution in [2.75, 3.05) is 0 Å². The van der Waals surface area contributed by atoms with E-state index in [0.29, 0.717) is 5.65 Å². The molecule has 2 heterocycles. The Balaban J connectivity index is 1.98. The van der Waals surface area contributed by atoms with E-state index in [2.05, 4.69) is 10.3 Å². The first-order chi connectivity index (χ1) is 14.8. The number of fused-ring (bicyclic) bond motifs is 1. The molecule has 1 N–H and O–H groups in total. The Morgan fingerprint density at radius 2 is 1.90 bits per heavy atom. The Morgan fingerprint density at radius 1 is 1.19 bits per heavy atom. The van der Waals surface area contributed by atoms with E-state index in [9.17, 15) is 24.5 Å². The Morgan fingerprint density at radius 3 is 2.61 bits per heavy atom. The van der Waals surface area contributed by atoms with E-state index >= 15 is 0 Å². The molecule has 160 valence electrons. The van der Waals surface area contributed by atoms with Crippen molar-refractivity contribution in [2.24, 2.45) is 0 Å². The molecule has 1 amide bonds. The molecule has 0 aliphatic rings. The summed E-state index contributed by atoms with van der Waals surface area (Å²) in [6.45, 7) is 3.33. The lowest BCUT2D eigenvalue weighted by atomic mass is 10.0. The molecule has 31 heavy (non-hydrogen) atoms. The lowest BCUT2D eigenvalue weighted by Crippen LogP contribution is -2.35. The van der Waals surface area contributed by atoms with Gasteiger partial charge in [0.25, 0.3) is 17.2 Å². The molecule has 0 saturated heterocycles. The number of esters is 1. The number of carbonyl (C=O) groups excluding carboxylic acids is 2. The molecular formula is C21H20N4O6. The summed E-state index contributed by atoms with van der Waals surface area (Å²) in [5, 5.41) is 14.0. The highest BCUT2D eigenvalue weighted by Gasteiger charge is 2.28. The van der Waals surface area contributed by atoms with Gasteiger partial charge in [0.05, 0.1) is 29.1 Å². The SMILES string of the molecule is CC(C)OC(=O)C[C@H](NC(=O)c1cnc2ccccn2c1=O)c1ccccc1[N+](=O)[O-]. The van der Waals surface area contributed by atoms with Gasteiger partial charge in [-0.05, 0) is 26.0 Å². The largest absolute Gasteiger partial charge is 0.463 e. The maximum absolute atomic E-state index is 12.9. The highest BCUT2D eigenvalue weighted by atomic mass is 16.6. The number of benzene rings is 1. The standard InChI is InChI=1S/C21H20N4O6/c1-13(2)31-19(26)11-16(14-7-3-4-8-17(14)25(29)30)23-20(27)15-12-22-18-9-5-6-10-24(18)21(15)28/h3-10,12-13,16H,11H2,1-2H3,(H,23,27)/t16-/m0/s1. The maximum atomic E-state index is 12.9. The predicted octanol–water partition coefficient (Wildman–Crippen LogP) is 2.42. The number of nitrogens with zero attached hydrogens (tertiary/aromatic N) is 3. The Kier molecular flexibility index (Phi) is 6.39. The van der Waals surface area contributed by atoms with Crippen LogP contribution < -0.4 is 10.9 Å². The number of ether oxygens (including phenoxy) is 1. The summed E-state index contributed by atoms with van der Waals surface area (Å²) in [6.07, 6.45) is 1.86. The number of nitrogens with one attached hydrogen (secondary N) is 1. The van der Waals surface area contributed by atoms with Gasteiger partial charge in [-0.2, -0.15) is 0 Å². The van der Waals surface area contributed by atoms with Crippen LogP contribution in [0.1, 0.15) is 42.2 Å². The lowest BCUT2D eigenvalue weighted by molar-refractivity contribution is -0.385. The second-order valence-corrected chi connectivity index (χ2v) is 6.99. The number of hydrogen-bond acceptors (Lipinski definition) is 7. The van der Waals surface area contributed by atoms with E-state index in [1.165, 1.54) is 28.8 Å². The minimum Gasteiger partial charge on any atom is -0.463 e. The van der Waals surface area contributed by atoms with Crippen LogP contribution in [-0.4, -0.2) is 32.3 Å². The molecule has 0 saturated carbocycles. The van der Waals surface area contributed by atoms with Gasteiger partial charge in [0.1, 0.15) is 11.2 Å². The van der Waals surface area contributed by atoms with Gasteiger partial charge >= 0.3 is 5.97 Å². The Labute approximate surface area is 176 Å². The molecule has 0 aliphatic carbocycles. The molecule has 10 nitrogen and oxygen atoms in total. The number of nitro groups is 1. The first-order valence-corrected chi connectivity index (χ1v) is 9.48. The second kappa shape index (κ2) is 9.16. The molecule has 0 radical (unpaired) electrons. The van der Waals surface area contributed by atoms with Crippen LogP contribution in [0.2, 0.25) is 0 Å². The average Bonchev–Trinajstić information content (AvgIpc) is 2.73. The topological polar surface area (TPSA) is 133 Å². The average molecular weight is 424 g/mol. The van der Waals surface area contributed by atoms with E-state index in [-0.39, 0.29) is 23.2 Å². The summed E-state index contributed by atoms with van der Waals surface area (Å²) in [5.41, 5.74) is -0.646. The summed E-state index contributed by atoms with van der Waals surface area (Å²) in [4.78, 5) is 52.8. The van der Waals surface area contributed by atoms with Crippen LogP contribution >= 0.6 is 0 Å². The highest BCUT2D eigenvalue weighted by molar-refractivity contribution is 5.94. The summed E-state index contributed by atoms with van der Waals surface area (Å²) < 4.78 is 6.34. The predicted molar refractivity (Wildman–Crippen MR) is 111 cm³/mol. The van der Waals surface area contributed by atoms with Crippen molar-refractivity contribution >= 4 is 23.2 Å². The monoisotopic (exact) mass is 424 g/mol. The number of para-hydroxylation sites is 1. The number of aromatic nitrogens is 2. The van der Waals surface area contributed by atoms with Crippen molar-refractivity contribution in [3.8, 4) is 0 Å². The molecule has 1 aromatic carbocycles. The van der Waals surface area contributed by atoms with Crippen LogP contribution in [0.4, 0.5) is 5.69 Å². The maximum Gasteiger partial charge on any atom is 0.308 e. The minimum atomic E-state index is -1.09. The number of amides is 1. The molecule has 0 aliphatic heterocycles. The summed E-state index contributed by atoms with van der Waals surface area (Å²) in [7, 11) is 0. The van der Waals surface area contributed by atoms with Crippen molar-refractivity contribution in [3.05, 3.63) is 86.5 Å². The molecule has 0 unspecified atom stereocenters. The number of pyridine rings is 1. The molecule has 0 bridgehead atoms. The van der Waals surface area contributed by atoms with Gasteiger partial charge in [-0.1, -0.05) is 24.3 Å².